The lowest BCUT2D eigenvalue weighted by molar-refractivity contribution is 0.309. The van der Waals surface area contributed by atoms with E-state index >= 15 is 0 Å². The van der Waals surface area contributed by atoms with Gasteiger partial charge in [0.2, 0.25) is 0 Å². The van der Waals surface area contributed by atoms with Gasteiger partial charge in [-0.1, -0.05) is 31.2 Å². The second-order valence-electron chi connectivity index (χ2n) is 5.09. The lowest BCUT2D eigenvalue weighted by Crippen LogP contribution is -2.22. The first kappa shape index (κ1) is 13.0. The molecule has 1 unspecified atom stereocenters. The molecule has 1 heterocycles. The lowest BCUT2D eigenvalue weighted by Gasteiger charge is -2.14. The molecule has 20 heavy (non-hydrogen) atoms. The van der Waals surface area contributed by atoms with Crippen molar-refractivity contribution in [2.24, 2.45) is 0 Å². The molecule has 0 aromatic heterocycles. The molecule has 1 atom stereocenters. The molecule has 0 radical (unpaired) electrons. The Labute approximate surface area is 119 Å². The topological polar surface area (TPSA) is 41.5 Å². The van der Waals surface area contributed by atoms with Crippen LogP contribution in [0.5, 0.6) is 11.5 Å². The van der Waals surface area contributed by atoms with Gasteiger partial charge in [0.15, 0.2) is 0 Å². The standard InChI is InChI=1S/C17H19NO2/c1-2-12-5-3-4-6-13(12)10-18-16-11-20-17-9-14(19)7-8-15(16)17/h3-9,16,18-19H,2,10-11H2,1H3. The number of phenols is 1. The molecule has 2 aromatic rings. The van der Waals surface area contributed by atoms with Crippen molar-refractivity contribution >= 4 is 0 Å². The molecule has 0 aliphatic carbocycles. The summed E-state index contributed by atoms with van der Waals surface area (Å²) >= 11 is 0. The van der Waals surface area contributed by atoms with Crippen LogP contribution in [0, 0.1) is 0 Å². The van der Waals surface area contributed by atoms with Crippen LogP contribution < -0.4 is 10.1 Å². The Morgan fingerprint density at radius 3 is 2.80 bits per heavy atom. The van der Waals surface area contributed by atoms with Crippen molar-refractivity contribution in [3.05, 3.63) is 59.2 Å². The molecular formula is C17H19NO2. The Balaban J connectivity index is 1.72. The minimum atomic E-state index is 0.190. The van der Waals surface area contributed by atoms with Crippen LogP contribution in [0.4, 0.5) is 0 Å². The van der Waals surface area contributed by atoms with Crippen LogP contribution in [-0.4, -0.2) is 11.7 Å². The van der Waals surface area contributed by atoms with Gasteiger partial charge in [-0.05, 0) is 29.7 Å². The number of nitrogens with one attached hydrogen (secondary N) is 1. The zero-order valence-electron chi connectivity index (χ0n) is 11.6. The molecule has 2 aromatic carbocycles. The molecule has 3 rings (SSSR count). The summed E-state index contributed by atoms with van der Waals surface area (Å²) in [7, 11) is 0. The Morgan fingerprint density at radius 1 is 1.20 bits per heavy atom. The van der Waals surface area contributed by atoms with Gasteiger partial charge in [-0.25, -0.2) is 0 Å². The van der Waals surface area contributed by atoms with E-state index in [1.807, 2.05) is 6.07 Å². The first-order valence-electron chi connectivity index (χ1n) is 7.04. The summed E-state index contributed by atoms with van der Waals surface area (Å²) in [6, 6.07) is 14.0. The summed E-state index contributed by atoms with van der Waals surface area (Å²) in [5.41, 5.74) is 3.84. The maximum Gasteiger partial charge on any atom is 0.127 e. The molecule has 1 aliphatic rings. The van der Waals surface area contributed by atoms with E-state index in [0.717, 1.165) is 24.3 Å². The smallest absolute Gasteiger partial charge is 0.127 e. The van der Waals surface area contributed by atoms with Crippen LogP contribution in [-0.2, 0) is 13.0 Å². The van der Waals surface area contributed by atoms with Crippen molar-refractivity contribution in [1.82, 2.24) is 5.32 Å². The van der Waals surface area contributed by atoms with Gasteiger partial charge in [-0.2, -0.15) is 0 Å². The number of benzene rings is 2. The molecule has 104 valence electrons. The van der Waals surface area contributed by atoms with Crippen molar-refractivity contribution in [2.45, 2.75) is 25.9 Å². The normalized spacial score (nSPS) is 16.8. The Bertz CT molecular complexity index is 610. The van der Waals surface area contributed by atoms with E-state index < -0.39 is 0 Å². The van der Waals surface area contributed by atoms with Gasteiger partial charge in [0, 0.05) is 18.2 Å². The van der Waals surface area contributed by atoms with E-state index in [9.17, 15) is 5.11 Å². The van der Waals surface area contributed by atoms with Crippen molar-refractivity contribution < 1.29 is 9.84 Å². The minimum Gasteiger partial charge on any atom is -0.508 e. The van der Waals surface area contributed by atoms with Gasteiger partial charge in [0.05, 0.1) is 6.04 Å². The molecule has 1 aliphatic heterocycles. The number of fused-ring (bicyclic) bond motifs is 1. The number of phenolic OH excluding ortho intramolecular Hbond substituents is 1. The molecule has 2 N–H and O–H groups in total. The number of ether oxygens (including phenoxy) is 1. The Hall–Kier alpha value is -2.00. The number of aromatic hydroxyl groups is 1. The number of hydrogen-bond acceptors (Lipinski definition) is 3. The van der Waals surface area contributed by atoms with Crippen molar-refractivity contribution in [3.63, 3.8) is 0 Å². The third-order valence-electron chi connectivity index (χ3n) is 3.82. The molecule has 0 spiro atoms. The average molecular weight is 269 g/mol. The second kappa shape index (κ2) is 5.55. The third kappa shape index (κ3) is 2.49. The predicted molar refractivity (Wildman–Crippen MR) is 79.0 cm³/mol. The molecule has 0 bridgehead atoms. The van der Waals surface area contributed by atoms with Crippen LogP contribution in [0.1, 0.15) is 29.7 Å². The second-order valence-corrected chi connectivity index (χ2v) is 5.09. The van der Waals surface area contributed by atoms with E-state index in [1.165, 1.54) is 11.1 Å². The molecule has 0 saturated heterocycles. The molecule has 0 amide bonds. The SMILES string of the molecule is CCc1ccccc1CNC1COc2cc(O)ccc21. The number of hydrogen-bond donors (Lipinski definition) is 2. The number of rotatable bonds is 4. The molecule has 0 saturated carbocycles. The molecule has 3 nitrogen and oxygen atoms in total. The fraction of sp³-hybridized carbons (Fsp3) is 0.294. The third-order valence-corrected chi connectivity index (χ3v) is 3.82. The van der Waals surface area contributed by atoms with Gasteiger partial charge in [-0.15, -0.1) is 0 Å². The minimum absolute atomic E-state index is 0.190. The molecular weight excluding hydrogens is 250 g/mol. The monoisotopic (exact) mass is 269 g/mol. The Kier molecular flexibility index (Phi) is 3.61. The summed E-state index contributed by atoms with van der Waals surface area (Å²) in [6.45, 7) is 3.63. The van der Waals surface area contributed by atoms with E-state index in [4.69, 9.17) is 4.74 Å². The maximum absolute atomic E-state index is 9.46. The lowest BCUT2D eigenvalue weighted by atomic mass is 10.0. The fourth-order valence-corrected chi connectivity index (χ4v) is 2.68. The van der Waals surface area contributed by atoms with E-state index in [2.05, 4.69) is 36.5 Å². The highest BCUT2D eigenvalue weighted by Crippen LogP contribution is 2.35. The van der Waals surface area contributed by atoms with Gasteiger partial charge in [0.25, 0.3) is 0 Å². The van der Waals surface area contributed by atoms with Crippen molar-refractivity contribution in [2.75, 3.05) is 6.61 Å². The summed E-state index contributed by atoms with van der Waals surface area (Å²) < 4.78 is 5.61. The highest BCUT2D eigenvalue weighted by molar-refractivity contribution is 5.44. The van der Waals surface area contributed by atoms with Gasteiger partial charge >= 0.3 is 0 Å². The van der Waals surface area contributed by atoms with Crippen molar-refractivity contribution in [1.29, 1.82) is 0 Å². The zero-order chi connectivity index (χ0) is 13.9. The summed E-state index contributed by atoms with van der Waals surface area (Å²) in [5.74, 6) is 1.03. The van der Waals surface area contributed by atoms with E-state index in [1.54, 1.807) is 12.1 Å². The van der Waals surface area contributed by atoms with Crippen LogP contribution >= 0.6 is 0 Å². The average Bonchev–Trinajstić information content (AvgIpc) is 2.87. The predicted octanol–water partition coefficient (Wildman–Crippen LogP) is 3.18. The molecule has 0 fully saturated rings. The first-order chi connectivity index (χ1) is 9.78. The van der Waals surface area contributed by atoms with E-state index in [-0.39, 0.29) is 11.8 Å². The van der Waals surface area contributed by atoms with Crippen LogP contribution in [0.15, 0.2) is 42.5 Å². The zero-order valence-corrected chi connectivity index (χ0v) is 11.6. The highest BCUT2D eigenvalue weighted by atomic mass is 16.5. The maximum atomic E-state index is 9.46. The summed E-state index contributed by atoms with van der Waals surface area (Å²) in [5, 5.41) is 13.0. The first-order valence-corrected chi connectivity index (χ1v) is 7.04. The summed E-state index contributed by atoms with van der Waals surface area (Å²) in [4.78, 5) is 0. The van der Waals surface area contributed by atoms with Crippen LogP contribution in [0.2, 0.25) is 0 Å². The fourth-order valence-electron chi connectivity index (χ4n) is 2.68. The van der Waals surface area contributed by atoms with E-state index in [0.29, 0.717) is 6.61 Å². The van der Waals surface area contributed by atoms with Gasteiger partial charge in [-0.3, -0.25) is 0 Å². The largest absolute Gasteiger partial charge is 0.508 e. The summed E-state index contributed by atoms with van der Waals surface area (Å²) in [6.07, 6.45) is 1.05. The number of aryl methyl sites for hydroxylation is 1. The van der Waals surface area contributed by atoms with Crippen LogP contribution in [0.3, 0.4) is 0 Å². The van der Waals surface area contributed by atoms with Gasteiger partial charge in [0.1, 0.15) is 18.1 Å². The van der Waals surface area contributed by atoms with Crippen molar-refractivity contribution in [3.8, 4) is 11.5 Å². The van der Waals surface area contributed by atoms with Gasteiger partial charge < -0.3 is 15.2 Å². The Morgan fingerprint density at radius 2 is 2.00 bits per heavy atom. The molecule has 3 heteroatoms. The van der Waals surface area contributed by atoms with Crippen LogP contribution in [0.25, 0.3) is 0 Å². The highest BCUT2D eigenvalue weighted by Gasteiger charge is 2.23. The quantitative estimate of drug-likeness (QED) is 0.895.